The van der Waals surface area contributed by atoms with E-state index in [2.05, 4.69) is 25.6 Å². The second kappa shape index (κ2) is 5.70. The van der Waals surface area contributed by atoms with Gasteiger partial charge in [0.15, 0.2) is 0 Å². The number of nitrogens with zero attached hydrogens (tertiary/aromatic N) is 1. The van der Waals surface area contributed by atoms with Gasteiger partial charge in [-0.1, -0.05) is 42.5 Å². The van der Waals surface area contributed by atoms with Crippen LogP contribution in [0.2, 0.25) is 0 Å². The highest BCUT2D eigenvalue weighted by molar-refractivity contribution is 9.10. The Morgan fingerprint density at radius 1 is 1.00 bits per heavy atom. The van der Waals surface area contributed by atoms with Crippen molar-refractivity contribution in [2.75, 3.05) is 5.32 Å². The predicted octanol–water partition coefficient (Wildman–Crippen LogP) is 4.03. The predicted molar refractivity (Wildman–Crippen MR) is 93.2 cm³/mol. The van der Waals surface area contributed by atoms with Gasteiger partial charge in [-0.25, -0.2) is 0 Å². The van der Waals surface area contributed by atoms with E-state index in [-0.39, 0.29) is 4.91 Å². The molecule has 0 bridgehead atoms. The summed E-state index contributed by atoms with van der Waals surface area (Å²) < 4.78 is 29.4. The molecule has 6 heteroatoms. The summed E-state index contributed by atoms with van der Waals surface area (Å²) in [5.74, 6) is 0.353. The van der Waals surface area contributed by atoms with Crippen molar-refractivity contribution >= 4 is 42.4 Å². The molecule has 1 heterocycles. The minimum Gasteiger partial charge on any atom is -0.338 e. The molecule has 1 aliphatic rings. The third-order valence-corrected chi connectivity index (χ3v) is 5.50. The molecule has 0 aliphatic carbocycles. The van der Waals surface area contributed by atoms with Crippen molar-refractivity contribution in [1.29, 1.82) is 0 Å². The highest BCUT2D eigenvalue weighted by Crippen LogP contribution is 2.33. The van der Waals surface area contributed by atoms with Crippen LogP contribution >= 0.6 is 15.9 Å². The van der Waals surface area contributed by atoms with E-state index in [0.717, 1.165) is 10.2 Å². The summed E-state index contributed by atoms with van der Waals surface area (Å²) in [5, 5.41) is 3.08. The molecule has 0 radical (unpaired) electrons. The minimum atomic E-state index is -3.68. The number of nitrogens with one attached hydrogen (secondary N) is 1. The maximum Gasteiger partial charge on any atom is 0.285 e. The van der Waals surface area contributed by atoms with Crippen LogP contribution in [0.4, 0.5) is 5.69 Å². The van der Waals surface area contributed by atoms with Gasteiger partial charge < -0.3 is 5.32 Å². The van der Waals surface area contributed by atoms with Gasteiger partial charge in [-0.3, -0.25) is 0 Å². The van der Waals surface area contributed by atoms with Gasteiger partial charge in [0.25, 0.3) is 10.0 Å². The number of para-hydroxylation sites is 1. The maximum atomic E-state index is 12.4. The summed E-state index contributed by atoms with van der Waals surface area (Å²) in [4.78, 5) is 0.252. The molecule has 2 aromatic carbocycles. The van der Waals surface area contributed by atoms with Gasteiger partial charge in [0.2, 0.25) is 0 Å². The van der Waals surface area contributed by atoms with Crippen molar-refractivity contribution in [2.45, 2.75) is 6.92 Å². The van der Waals surface area contributed by atoms with E-state index in [1.807, 2.05) is 42.5 Å². The van der Waals surface area contributed by atoms with Gasteiger partial charge in [0, 0.05) is 10.0 Å². The molecular weight excluding hydrogens is 364 g/mol. The zero-order chi connectivity index (χ0) is 15.7. The fraction of sp³-hybridized carbons (Fsp3) is 0.0625. The van der Waals surface area contributed by atoms with Gasteiger partial charge in [-0.05, 0) is 40.5 Å². The third-order valence-electron chi connectivity index (χ3n) is 3.33. The third kappa shape index (κ3) is 2.71. The highest BCUT2D eigenvalue weighted by atomic mass is 79.9. The van der Waals surface area contributed by atoms with E-state index in [1.165, 1.54) is 0 Å². The lowest BCUT2D eigenvalue weighted by atomic mass is 10.1. The summed E-state index contributed by atoms with van der Waals surface area (Å²) in [6.07, 6.45) is 0. The molecule has 0 spiro atoms. The van der Waals surface area contributed by atoms with Crippen LogP contribution in [0.5, 0.6) is 0 Å². The van der Waals surface area contributed by atoms with Crippen LogP contribution in [-0.2, 0) is 10.0 Å². The normalized spacial score (nSPS) is 16.5. The van der Waals surface area contributed by atoms with Crippen molar-refractivity contribution in [3.63, 3.8) is 0 Å². The Morgan fingerprint density at radius 2 is 1.64 bits per heavy atom. The lowest BCUT2D eigenvalue weighted by Crippen LogP contribution is -2.11. The van der Waals surface area contributed by atoms with E-state index in [9.17, 15) is 8.42 Å². The Hall–Kier alpha value is -1.92. The SMILES string of the molecule is CC1=C(c2ccccc2)S(=O)(=O)N=C1Nc1ccccc1Br. The van der Waals surface area contributed by atoms with Crippen molar-refractivity contribution in [3.05, 3.63) is 70.2 Å². The summed E-state index contributed by atoms with van der Waals surface area (Å²) in [6, 6.07) is 16.5. The zero-order valence-electron chi connectivity index (χ0n) is 11.7. The molecule has 0 saturated carbocycles. The van der Waals surface area contributed by atoms with E-state index < -0.39 is 10.0 Å². The standard InChI is InChI=1S/C16H13BrN2O2S/c1-11-15(12-7-3-2-4-8-12)22(20,21)19-16(11)18-14-10-6-5-9-13(14)17/h2-10H,1H3,(H,18,19). The molecule has 0 aromatic heterocycles. The molecule has 0 fully saturated rings. The van der Waals surface area contributed by atoms with Crippen LogP contribution in [0.3, 0.4) is 0 Å². The van der Waals surface area contributed by atoms with Gasteiger partial charge in [-0.15, -0.1) is 4.40 Å². The molecule has 0 unspecified atom stereocenters. The topological polar surface area (TPSA) is 58.5 Å². The number of hydrogen-bond donors (Lipinski definition) is 1. The maximum absolute atomic E-state index is 12.4. The lowest BCUT2D eigenvalue weighted by Gasteiger charge is -2.08. The van der Waals surface area contributed by atoms with E-state index in [4.69, 9.17) is 0 Å². The first-order valence-electron chi connectivity index (χ1n) is 6.62. The van der Waals surface area contributed by atoms with Crippen LogP contribution < -0.4 is 5.32 Å². The largest absolute Gasteiger partial charge is 0.338 e. The number of amidine groups is 1. The quantitative estimate of drug-likeness (QED) is 0.860. The summed E-state index contributed by atoms with van der Waals surface area (Å²) in [7, 11) is -3.68. The Morgan fingerprint density at radius 3 is 2.32 bits per heavy atom. The highest BCUT2D eigenvalue weighted by Gasteiger charge is 2.31. The first kappa shape index (κ1) is 15.0. The second-order valence-electron chi connectivity index (χ2n) is 4.84. The fourth-order valence-electron chi connectivity index (χ4n) is 2.30. The molecule has 0 amide bonds. The molecular formula is C16H13BrN2O2S. The molecule has 22 heavy (non-hydrogen) atoms. The smallest absolute Gasteiger partial charge is 0.285 e. The summed E-state index contributed by atoms with van der Waals surface area (Å²) >= 11 is 3.43. The Balaban J connectivity index is 2.04. The minimum absolute atomic E-state index is 0.252. The Bertz CT molecular complexity index is 887. The number of hydrogen-bond acceptors (Lipinski definition) is 3. The molecule has 2 aromatic rings. The van der Waals surface area contributed by atoms with E-state index in [0.29, 0.717) is 17.0 Å². The molecule has 1 aliphatic heterocycles. The van der Waals surface area contributed by atoms with Gasteiger partial charge in [0.1, 0.15) is 10.7 Å². The molecule has 3 rings (SSSR count). The summed E-state index contributed by atoms with van der Waals surface area (Å²) in [5.41, 5.74) is 2.03. The van der Waals surface area contributed by atoms with Gasteiger partial charge >= 0.3 is 0 Å². The summed E-state index contributed by atoms with van der Waals surface area (Å²) in [6.45, 7) is 1.76. The fourth-order valence-corrected chi connectivity index (χ4v) is 4.11. The molecule has 0 saturated heterocycles. The Labute approximate surface area is 137 Å². The van der Waals surface area contributed by atoms with Gasteiger partial charge in [-0.2, -0.15) is 8.42 Å². The molecule has 112 valence electrons. The number of rotatable bonds is 2. The number of anilines is 1. The van der Waals surface area contributed by atoms with Crippen molar-refractivity contribution in [3.8, 4) is 0 Å². The average molecular weight is 377 g/mol. The van der Waals surface area contributed by atoms with E-state index in [1.54, 1.807) is 19.1 Å². The second-order valence-corrected chi connectivity index (χ2v) is 7.24. The van der Waals surface area contributed by atoms with Crippen molar-refractivity contribution in [2.24, 2.45) is 4.40 Å². The van der Waals surface area contributed by atoms with Crippen LogP contribution in [0.25, 0.3) is 4.91 Å². The average Bonchev–Trinajstić information content (AvgIpc) is 2.71. The number of sulfonamides is 1. The van der Waals surface area contributed by atoms with Crippen LogP contribution in [0, 0.1) is 0 Å². The van der Waals surface area contributed by atoms with Crippen molar-refractivity contribution in [1.82, 2.24) is 0 Å². The number of halogens is 1. The molecule has 1 N–H and O–H groups in total. The van der Waals surface area contributed by atoms with Crippen molar-refractivity contribution < 1.29 is 8.42 Å². The van der Waals surface area contributed by atoms with Crippen LogP contribution in [0.1, 0.15) is 12.5 Å². The zero-order valence-corrected chi connectivity index (χ0v) is 14.1. The first-order valence-corrected chi connectivity index (χ1v) is 8.85. The molecule has 0 atom stereocenters. The van der Waals surface area contributed by atoms with Gasteiger partial charge in [0.05, 0.1) is 5.69 Å². The monoisotopic (exact) mass is 376 g/mol. The van der Waals surface area contributed by atoms with Crippen LogP contribution in [0.15, 0.2) is 69.0 Å². The Kier molecular flexibility index (Phi) is 3.88. The lowest BCUT2D eigenvalue weighted by molar-refractivity contribution is 0.608. The first-order chi connectivity index (χ1) is 10.5. The molecule has 4 nitrogen and oxygen atoms in total. The van der Waals surface area contributed by atoms with E-state index >= 15 is 0 Å². The van der Waals surface area contributed by atoms with Crippen LogP contribution in [-0.4, -0.2) is 14.3 Å². The number of benzene rings is 2.